The summed E-state index contributed by atoms with van der Waals surface area (Å²) in [5.74, 6) is 1.62. The second-order valence-electron chi connectivity index (χ2n) is 4.68. The average molecular weight is 427 g/mol. The Kier molecular flexibility index (Phi) is 4.28. The van der Waals surface area contributed by atoms with Crippen LogP contribution in [-0.4, -0.2) is 16.5 Å². The molecular formula is C15H13Br2N3S. The maximum atomic E-state index is 4.71. The third-order valence-corrected chi connectivity index (χ3v) is 5.43. The van der Waals surface area contributed by atoms with Gasteiger partial charge in [0.05, 0.1) is 13.1 Å². The molecule has 0 aliphatic carbocycles. The van der Waals surface area contributed by atoms with Crippen molar-refractivity contribution in [3.05, 3.63) is 37.4 Å². The summed E-state index contributed by atoms with van der Waals surface area (Å²) in [6.07, 6.45) is 0. The van der Waals surface area contributed by atoms with Crippen LogP contribution in [-0.2, 0) is 0 Å². The number of halogens is 2. The van der Waals surface area contributed by atoms with Crippen LogP contribution in [0.15, 0.2) is 31.8 Å². The number of rotatable bonds is 3. The molecule has 0 atom stereocenters. The van der Waals surface area contributed by atoms with Gasteiger partial charge in [0.1, 0.15) is 5.82 Å². The molecule has 0 aliphatic heterocycles. The summed E-state index contributed by atoms with van der Waals surface area (Å²) in [6, 6.07) is 8.29. The van der Waals surface area contributed by atoms with E-state index in [0.717, 1.165) is 42.2 Å². The molecule has 6 heteroatoms. The maximum Gasteiger partial charge on any atom is 0.164 e. The summed E-state index contributed by atoms with van der Waals surface area (Å²) in [6.45, 7) is 4.98. The van der Waals surface area contributed by atoms with Gasteiger partial charge in [0.2, 0.25) is 0 Å². The number of fused-ring (bicyclic) bond motifs is 1. The molecule has 3 aromatic rings. The molecule has 2 heterocycles. The molecule has 1 N–H and O–H groups in total. The first-order chi connectivity index (χ1) is 10.1. The molecule has 0 saturated carbocycles. The van der Waals surface area contributed by atoms with Crippen molar-refractivity contribution in [2.75, 3.05) is 11.9 Å². The van der Waals surface area contributed by atoms with Crippen molar-refractivity contribution in [1.29, 1.82) is 0 Å². The van der Waals surface area contributed by atoms with E-state index in [2.05, 4.69) is 63.2 Å². The molecule has 3 rings (SSSR count). The van der Waals surface area contributed by atoms with E-state index < -0.39 is 0 Å². The van der Waals surface area contributed by atoms with Gasteiger partial charge in [-0.05, 0) is 63.9 Å². The summed E-state index contributed by atoms with van der Waals surface area (Å²) in [7, 11) is 0. The highest BCUT2D eigenvalue weighted by molar-refractivity contribution is 9.12. The van der Waals surface area contributed by atoms with E-state index in [4.69, 9.17) is 9.97 Å². The van der Waals surface area contributed by atoms with E-state index in [9.17, 15) is 0 Å². The number of nitrogens with zero attached hydrogens (tertiary/aromatic N) is 2. The minimum atomic E-state index is 0.733. The van der Waals surface area contributed by atoms with Gasteiger partial charge in [0, 0.05) is 17.5 Å². The summed E-state index contributed by atoms with van der Waals surface area (Å²) >= 11 is 8.71. The number of hydrogen-bond donors (Lipinski definition) is 1. The van der Waals surface area contributed by atoms with Crippen molar-refractivity contribution in [1.82, 2.24) is 9.97 Å². The van der Waals surface area contributed by atoms with Gasteiger partial charge in [-0.2, -0.15) is 0 Å². The fraction of sp³-hybridized carbons (Fsp3) is 0.200. The van der Waals surface area contributed by atoms with Crippen LogP contribution in [0.25, 0.3) is 22.3 Å². The summed E-state index contributed by atoms with van der Waals surface area (Å²) in [5, 5.41) is 4.40. The molecule has 0 radical (unpaired) electrons. The summed E-state index contributed by atoms with van der Waals surface area (Å²) in [4.78, 5) is 9.42. The van der Waals surface area contributed by atoms with Crippen LogP contribution in [0.1, 0.15) is 12.5 Å². The van der Waals surface area contributed by atoms with Crippen molar-refractivity contribution < 1.29 is 0 Å². The lowest BCUT2D eigenvalue weighted by atomic mass is 10.1. The van der Waals surface area contributed by atoms with E-state index in [0.29, 0.717) is 0 Å². The van der Waals surface area contributed by atoms with Crippen molar-refractivity contribution in [2.24, 2.45) is 0 Å². The van der Waals surface area contributed by atoms with E-state index in [1.54, 1.807) is 11.3 Å². The lowest BCUT2D eigenvalue weighted by molar-refractivity contribution is 1.14. The lowest BCUT2D eigenvalue weighted by Crippen LogP contribution is -2.03. The number of aryl methyl sites for hydroxylation is 1. The normalized spacial score (nSPS) is 11.0. The smallest absolute Gasteiger partial charge is 0.164 e. The topological polar surface area (TPSA) is 37.8 Å². The predicted octanol–water partition coefficient (Wildman–Crippen LogP) is 5.62. The molecule has 21 heavy (non-hydrogen) atoms. The second-order valence-corrected chi connectivity index (χ2v) is 8.43. The highest BCUT2D eigenvalue weighted by Crippen LogP contribution is 2.38. The molecule has 2 aromatic heterocycles. The standard InChI is InChI=1S/C15H13Br2N3S/c1-3-18-14-9-6-8(2)4-5-11(9)19-15(20-14)10-7-12(16)21-13(10)17/h4-7H,3H2,1-2H3,(H,18,19,20). The van der Waals surface area contributed by atoms with Crippen LogP contribution < -0.4 is 5.32 Å². The van der Waals surface area contributed by atoms with Crippen LogP contribution in [0.3, 0.4) is 0 Å². The van der Waals surface area contributed by atoms with Gasteiger partial charge >= 0.3 is 0 Å². The largest absolute Gasteiger partial charge is 0.370 e. The Morgan fingerprint density at radius 1 is 1.19 bits per heavy atom. The van der Waals surface area contributed by atoms with Gasteiger partial charge in [0.25, 0.3) is 0 Å². The van der Waals surface area contributed by atoms with Gasteiger partial charge in [-0.1, -0.05) is 11.6 Å². The zero-order chi connectivity index (χ0) is 15.0. The molecule has 0 bridgehead atoms. The molecule has 0 saturated heterocycles. The number of nitrogens with one attached hydrogen (secondary N) is 1. The van der Waals surface area contributed by atoms with Gasteiger partial charge < -0.3 is 5.32 Å². The van der Waals surface area contributed by atoms with Gasteiger partial charge in [-0.25, -0.2) is 9.97 Å². The van der Waals surface area contributed by atoms with Crippen molar-refractivity contribution >= 4 is 59.9 Å². The molecule has 3 nitrogen and oxygen atoms in total. The molecule has 0 unspecified atom stereocenters. The Balaban J connectivity index is 2.25. The monoisotopic (exact) mass is 425 g/mol. The van der Waals surface area contributed by atoms with E-state index in [-0.39, 0.29) is 0 Å². The fourth-order valence-electron chi connectivity index (χ4n) is 2.16. The first kappa shape index (κ1) is 14.9. The Hall–Kier alpha value is -0.980. The highest BCUT2D eigenvalue weighted by atomic mass is 79.9. The quantitative estimate of drug-likeness (QED) is 0.590. The SMILES string of the molecule is CCNc1nc(-c2cc(Br)sc2Br)nc2ccc(C)cc12. The molecule has 0 amide bonds. The van der Waals surface area contributed by atoms with Crippen molar-refractivity contribution in [3.8, 4) is 11.4 Å². The lowest BCUT2D eigenvalue weighted by Gasteiger charge is -2.10. The van der Waals surface area contributed by atoms with Crippen LogP contribution >= 0.6 is 43.2 Å². The Labute approximate surface area is 144 Å². The van der Waals surface area contributed by atoms with E-state index in [1.807, 2.05) is 12.1 Å². The summed E-state index contributed by atoms with van der Waals surface area (Å²) in [5.41, 5.74) is 3.17. The molecule has 108 valence electrons. The zero-order valence-electron chi connectivity index (χ0n) is 11.6. The summed E-state index contributed by atoms with van der Waals surface area (Å²) < 4.78 is 2.09. The first-order valence-corrected chi connectivity index (χ1v) is 8.96. The third-order valence-electron chi connectivity index (χ3n) is 3.09. The van der Waals surface area contributed by atoms with Crippen molar-refractivity contribution in [2.45, 2.75) is 13.8 Å². The second kappa shape index (κ2) is 6.02. The minimum Gasteiger partial charge on any atom is -0.370 e. The van der Waals surface area contributed by atoms with Gasteiger partial charge in [0.15, 0.2) is 5.82 Å². The van der Waals surface area contributed by atoms with Gasteiger partial charge in [-0.15, -0.1) is 11.3 Å². The molecule has 0 aliphatic rings. The average Bonchev–Trinajstić information content (AvgIpc) is 2.78. The van der Waals surface area contributed by atoms with Gasteiger partial charge in [-0.3, -0.25) is 0 Å². The molecular weight excluding hydrogens is 414 g/mol. The number of anilines is 1. The van der Waals surface area contributed by atoms with Crippen LogP contribution in [0.5, 0.6) is 0 Å². The number of hydrogen-bond acceptors (Lipinski definition) is 4. The number of thiophene rings is 1. The van der Waals surface area contributed by atoms with Crippen molar-refractivity contribution in [3.63, 3.8) is 0 Å². The zero-order valence-corrected chi connectivity index (χ0v) is 15.6. The minimum absolute atomic E-state index is 0.733. The third kappa shape index (κ3) is 2.98. The van der Waals surface area contributed by atoms with Crippen LogP contribution in [0.2, 0.25) is 0 Å². The Morgan fingerprint density at radius 3 is 2.67 bits per heavy atom. The molecule has 0 spiro atoms. The molecule has 1 aromatic carbocycles. The maximum absolute atomic E-state index is 4.71. The highest BCUT2D eigenvalue weighted by Gasteiger charge is 2.14. The van der Waals surface area contributed by atoms with Crippen LogP contribution in [0.4, 0.5) is 5.82 Å². The predicted molar refractivity (Wildman–Crippen MR) is 97.2 cm³/mol. The van der Waals surface area contributed by atoms with E-state index >= 15 is 0 Å². The van der Waals surface area contributed by atoms with E-state index in [1.165, 1.54) is 5.56 Å². The Morgan fingerprint density at radius 2 is 2.00 bits per heavy atom. The first-order valence-electron chi connectivity index (χ1n) is 6.56. The number of aromatic nitrogens is 2. The molecule has 0 fully saturated rings. The van der Waals surface area contributed by atoms with Crippen LogP contribution in [0, 0.1) is 6.92 Å². The number of benzene rings is 1. The fourth-order valence-corrected chi connectivity index (χ4v) is 4.95. The Bertz CT molecular complexity index is 814.